The first kappa shape index (κ1) is 10.9. The van der Waals surface area contributed by atoms with Crippen molar-refractivity contribution in [1.82, 2.24) is 9.66 Å². The Balaban J connectivity index is 2.01. The Morgan fingerprint density at radius 3 is 3.11 bits per heavy atom. The quantitative estimate of drug-likeness (QED) is 0.790. The number of hydrogen-bond donors (Lipinski definition) is 1. The average Bonchev–Trinajstić information content (AvgIpc) is 2.78. The zero-order valence-corrected chi connectivity index (χ0v) is 11.1. The summed E-state index contributed by atoms with van der Waals surface area (Å²) in [7, 11) is 0. The van der Waals surface area contributed by atoms with Crippen molar-refractivity contribution in [2.45, 2.75) is 12.8 Å². The van der Waals surface area contributed by atoms with E-state index in [4.69, 9.17) is 16.6 Å². The van der Waals surface area contributed by atoms with E-state index in [1.165, 1.54) is 5.57 Å². The molecule has 2 aliphatic rings. The highest BCUT2D eigenvalue weighted by atomic mass is 35.5. The summed E-state index contributed by atoms with van der Waals surface area (Å²) in [5.74, 6) is 1.23. The monoisotopic (exact) mass is 269 g/mol. The summed E-state index contributed by atoms with van der Waals surface area (Å²) in [6.07, 6.45) is 8.46. The van der Waals surface area contributed by atoms with Crippen molar-refractivity contribution >= 4 is 22.6 Å². The smallest absolute Gasteiger partial charge is 0.140 e. The zero-order chi connectivity index (χ0) is 13.0. The van der Waals surface area contributed by atoms with Crippen LogP contribution in [0.5, 0.6) is 0 Å². The minimum Gasteiger partial charge on any atom is -0.297 e. The van der Waals surface area contributed by atoms with Gasteiger partial charge in [0.05, 0.1) is 17.0 Å². The number of rotatable bonds is 0. The molecule has 3 nitrogen and oxygen atoms in total. The number of hydrogen-bond acceptors (Lipinski definition) is 2. The van der Waals surface area contributed by atoms with Gasteiger partial charge in [-0.1, -0.05) is 35.9 Å². The van der Waals surface area contributed by atoms with Crippen LogP contribution in [0.4, 0.5) is 0 Å². The maximum atomic E-state index is 6.09. The molecule has 0 bridgehead atoms. The number of fused-ring (bicyclic) bond motifs is 5. The second-order valence-corrected chi connectivity index (χ2v) is 5.29. The van der Waals surface area contributed by atoms with Crippen LogP contribution >= 0.6 is 11.6 Å². The predicted octanol–water partition coefficient (Wildman–Crippen LogP) is 3.73. The maximum absolute atomic E-state index is 6.09. The highest BCUT2D eigenvalue weighted by Gasteiger charge is 2.27. The summed E-state index contributed by atoms with van der Waals surface area (Å²) in [5, 5.41) is 0.725. The van der Waals surface area contributed by atoms with Crippen LogP contribution in [0, 0.1) is 0 Å². The van der Waals surface area contributed by atoms with Gasteiger partial charge in [-0.05, 0) is 30.7 Å². The average molecular weight is 270 g/mol. The van der Waals surface area contributed by atoms with Gasteiger partial charge in [0.2, 0.25) is 0 Å². The topological polar surface area (TPSA) is 29.9 Å². The zero-order valence-electron chi connectivity index (χ0n) is 10.4. The van der Waals surface area contributed by atoms with Gasteiger partial charge in [-0.15, -0.1) is 0 Å². The van der Waals surface area contributed by atoms with Crippen molar-refractivity contribution in [2.24, 2.45) is 0 Å². The van der Waals surface area contributed by atoms with E-state index < -0.39 is 0 Å². The molecule has 1 N–H and O–H groups in total. The second kappa shape index (κ2) is 3.75. The first-order valence-electron chi connectivity index (χ1n) is 6.24. The van der Waals surface area contributed by atoms with Gasteiger partial charge in [0.1, 0.15) is 5.82 Å². The molecule has 4 heteroatoms. The van der Waals surface area contributed by atoms with Crippen molar-refractivity contribution in [3.05, 3.63) is 64.6 Å². The van der Waals surface area contributed by atoms with Crippen molar-refractivity contribution in [3.8, 4) is 0 Å². The second-order valence-electron chi connectivity index (χ2n) is 4.85. The van der Waals surface area contributed by atoms with Crippen molar-refractivity contribution in [3.63, 3.8) is 0 Å². The standard InChI is InChI=1S/C15H12ClN3/c1-9-11-4-2-3-5-12(11)15-17-13-7-6-10(16)8-14(13)19(15)18-9/h2-8,12,18H,1H3/t12-/m0/s1. The van der Waals surface area contributed by atoms with E-state index in [1.54, 1.807) is 0 Å². The van der Waals surface area contributed by atoms with Crippen LogP contribution in [-0.2, 0) is 0 Å². The fourth-order valence-electron chi connectivity index (χ4n) is 2.75. The third-order valence-corrected chi connectivity index (χ3v) is 3.89. The van der Waals surface area contributed by atoms with Crippen LogP contribution in [0.3, 0.4) is 0 Å². The molecule has 1 atom stereocenters. The van der Waals surface area contributed by atoms with Gasteiger partial charge in [-0.3, -0.25) is 5.43 Å². The summed E-state index contributed by atoms with van der Waals surface area (Å²) in [4.78, 5) is 4.74. The lowest BCUT2D eigenvalue weighted by atomic mass is 9.91. The van der Waals surface area contributed by atoms with E-state index >= 15 is 0 Å². The molecule has 0 amide bonds. The molecular weight excluding hydrogens is 258 g/mol. The summed E-state index contributed by atoms with van der Waals surface area (Å²) >= 11 is 6.09. The Hall–Kier alpha value is -2.00. The Morgan fingerprint density at radius 2 is 2.21 bits per heavy atom. The fourth-order valence-corrected chi connectivity index (χ4v) is 2.92. The van der Waals surface area contributed by atoms with Crippen LogP contribution < -0.4 is 5.43 Å². The van der Waals surface area contributed by atoms with Crippen LogP contribution in [0.1, 0.15) is 18.7 Å². The summed E-state index contributed by atoms with van der Waals surface area (Å²) in [6, 6.07) is 5.78. The van der Waals surface area contributed by atoms with E-state index in [0.717, 1.165) is 27.6 Å². The van der Waals surface area contributed by atoms with Crippen molar-refractivity contribution < 1.29 is 0 Å². The molecule has 2 heterocycles. The highest BCUT2D eigenvalue weighted by molar-refractivity contribution is 6.31. The molecule has 0 saturated heterocycles. The van der Waals surface area contributed by atoms with Crippen molar-refractivity contribution in [2.75, 3.05) is 5.43 Å². The lowest BCUT2D eigenvalue weighted by molar-refractivity contribution is 0.752. The van der Waals surface area contributed by atoms with E-state index in [0.29, 0.717) is 0 Å². The lowest BCUT2D eigenvalue weighted by Crippen LogP contribution is -2.25. The van der Waals surface area contributed by atoms with Gasteiger partial charge < -0.3 is 0 Å². The molecule has 0 radical (unpaired) electrons. The first-order valence-corrected chi connectivity index (χ1v) is 6.62. The molecule has 2 aromatic rings. The molecule has 4 rings (SSSR count). The summed E-state index contributed by atoms with van der Waals surface area (Å²) in [5.41, 5.74) is 7.80. The maximum Gasteiger partial charge on any atom is 0.140 e. The van der Waals surface area contributed by atoms with E-state index in [9.17, 15) is 0 Å². The van der Waals surface area contributed by atoms with Crippen LogP contribution in [0.15, 0.2) is 53.8 Å². The van der Waals surface area contributed by atoms with E-state index in [-0.39, 0.29) is 5.92 Å². The molecular formula is C15H12ClN3. The Bertz CT molecular complexity index is 780. The van der Waals surface area contributed by atoms with E-state index in [1.807, 2.05) is 22.9 Å². The molecule has 1 aliphatic heterocycles. The number of halogens is 1. The molecule has 0 unspecified atom stereocenters. The fraction of sp³-hybridized carbons (Fsp3) is 0.133. The molecule has 1 aliphatic carbocycles. The van der Waals surface area contributed by atoms with Crippen molar-refractivity contribution in [1.29, 1.82) is 0 Å². The van der Waals surface area contributed by atoms with E-state index in [2.05, 4.69) is 36.7 Å². The SMILES string of the molecule is CC1=C2C=CC=C[C@@H]2c2nc3ccc(Cl)cc3n2N1. The Morgan fingerprint density at radius 1 is 1.32 bits per heavy atom. The molecule has 19 heavy (non-hydrogen) atoms. The third kappa shape index (κ3) is 1.48. The number of nitrogens with zero attached hydrogens (tertiary/aromatic N) is 2. The van der Waals surface area contributed by atoms with Crippen LogP contribution in [0.2, 0.25) is 5.02 Å². The van der Waals surface area contributed by atoms with Crippen LogP contribution in [0.25, 0.3) is 11.0 Å². The first-order chi connectivity index (χ1) is 9.24. The molecule has 0 fully saturated rings. The number of imidazole rings is 1. The number of nitrogens with one attached hydrogen (secondary N) is 1. The predicted molar refractivity (Wildman–Crippen MR) is 77.8 cm³/mol. The highest BCUT2D eigenvalue weighted by Crippen LogP contribution is 2.36. The Labute approximate surface area is 115 Å². The molecule has 1 aromatic heterocycles. The summed E-state index contributed by atoms with van der Waals surface area (Å²) < 4.78 is 2.04. The normalized spacial score (nSPS) is 20.4. The van der Waals surface area contributed by atoms with Crippen LogP contribution in [-0.4, -0.2) is 9.66 Å². The summed E-state index contributed by atoms with van der Waals surface area (Å²) in [6.45, 7) is 2.09. The number of aromatic nitrogens is 2. The van der Waals surface area contributed by atoms with Gasteiger partial charge in [0.15, 0.2) is 0 Å². The van der Waals surface area contributed by atoms with Gasteiger partial charge in [-0.2, -0.15) is 0 Å². The third-order valence-electron chi connectivity index (χ3n) is 3.66. The Kier molecular flexibility index (Phi) is 2.15. The van der Waals surface area contributed by atoms with Gasteiger partial charge in [0, 0.05) is 10.7 Å². The molecule has 94 valence electrons. The largest absolute Gasteiger partial charge is 0.297 e. The molecule has 1 aromatic carbocycles. The van der Waals surface area contributed by atoms with Gasteiger partial charge in [-0.25, -0.2) is 9.66 Å². The minimum absolute atomic E-state index is 0.220. The number of benzene rings is 1. The molecule has 0 saturated carbocycles. The minimum atomic E-state index is 0.220. The molecule has 0 spiro atoms. The number of allylic oxidation sites excluding steroid dienone is 6. The van der Waals surface area contributed by atoms with Gasteiger partial charge in [0.25, 0.3) is 0 Å². The lowest BCUT2D eigenvalue weighted by Gasteiger charge is -2.27. The van der Waals surface area contributed by atoms with Gasteiger partial charge >= 0.3 is 0 Å².